The maximum atomic E-state index is 5.58. The summed E-state index contributed by atoms with van der Waals surface area (Å²) in [6.07, 6.45) is 7.22. The summed E-state index contributed by atoms with van der Waals surface area (Å²) in [5.74, 6) is 1.15. The first-order valence-electron chi connectivity index (χ1n) is 4.38. The van der Waals surface area contributed by atoms with Crippen LogP contribution in [0.5, 0.6) is 0 Å². The third-order valence-electron chi connectivity index (χ3n) is 1.93. The average molecular weight is 155 g/mol. The summed E-state index contributed by atoms with van der Waals surface area (Å²) in [6.45, 7) is 2.62. The molecular formula is C9H17NO. The molecule has 1 aliphatic carbocycles. The molecule has 1 aliphatic rings. The second kappa shape index (κ2) is 4.39. The van der Waals surface area contributed by atoms with E-state index in [0.29, 0.717) is 6.54 Å². The molecule has 1 atom stereocenters. The van der Waals surface area contributed by atoms with E-state index in [4.69, 9.17) is 10.5 Å². The summed E-state index contributed by atoms with van der Waals surface area (Å²) >= 11 is 0. The Morgan fingerprint density at radius 1 is 1.64 bits per heavy atom. The molecule has 2 heteroatoms. The standard InChI is InChI=1S/C9H17NO/c1-8(7-10)11-9-5-3-2-4-6-9/h5,8H,2-4,6-7,10H2,1H3/t8-/m1/s1. The summed E-state index contributed by atoms with van der Waals surface area (Å²) in [5.41, 5.74) is 5.44. The molecule has 0 heterocycles. The quantitative estimate of drug-likeness (QED) is 0.674. The lowest BCUT2D eigenvalue weighted by Crippen LogP contribution is -2.20. The highest BCUT2D eigenvalue weighted by Crippen LogP contribution is 2.19. The molecule has 0 radical (unpaired) electrons. The monoisotopic (exact) mass is 155 g/mol. The van der Waals surface area contributed by atoms with Gasteiger partial charge < -0.3 is 10.5 Å². The second-order valence-electron chi connectivity index (χ2n) is 3.08. The number of hydrogen-bond donors (Lipinski definition) is 1. The minimum Gasteiger partial charge on any atom is -0.494 e. The van der Waals surface area contributed by atoms with Gasteiger partial charge in [0.15, 0.2) is 0 Å². The van der Waals surface area contributed by atoms with Crippen LogP contribution in [0, 0.1) is 0 Å². The topological polar surface area (TPSA) is 35.2 Å². The van der Waals surface area contributed by atoms with E-state index < -0.39 is 0 Å². The Morgan fingerprint density at radius 2 is 2.45 bits per heavy atom. The first-order valence-corrected chi connectivity index (χ1v) is 4.38. The number of hydrogen-bond acceptors (Lipinski definition) is 2. The van der Waals surface area contributed by atoms with Crippen molar-refractivity contribution < 1.29 is 4.74 Å². The highest BCUT2D eigenvalue weighted by Gasteiger charge is 2.07. The Labute approximate surface area is 68.4 Å². The van der Waals surface area contributed by atoms with Gasteiger partial charge in [0.1, 0.15) is 6.10 Å². The largest absolute Gasteiger partial charge is 0.494 e. The second-order valence-corrected chi connectivity index (χ2v) is 3.08. The van der Waals surface area contributed by atoms with E-state index in [1.807, 2.05) is 6.92 Å². The van der Waals surface area contributed by atoms with Gasteiger partial charge in [0.05, 0.1) is 5.76 Å². The Hall–Kier alpha value is -0.500. The maximum Gasteiger partial charge on any atom is 0.108 e. The molecule has 0 amide bonds. The van der Waals surface area contributed by atoms with Crippen molar-refractivity contribution in [2.24, 2.45) is 5.73 Å². The van der Waals surface area contributed by atoms with Crippen molar-refractivity contribution >= 4 is 0 Å². The van der Waals surface area contributed by atoms with Crippen molar-refractivity contribution in [1.82, 2.24) is 0 Å². The smallest absolute Gasteiger partial charge is 0.108 e. The van der Waals surface area contributed by atoms with Crippen LogP contribution < -0.4 is 5.73 Å². The zero-order valence-corrected chi connectivity index (χ0v) is 7.18. The number of allylic oxidation sites excluding steroid dienone is 2. The summed E-state index contributed by atoms with van der Waals surface area (Å²) < 4.78 is 5.58. The van der Waals surface area contributed by atoms with E-state index in [9.17, 15) is 0 Å². The molecule has 2 N–H and O–H groups in total. The molecule has 11 heavy (non-hydrogen) atoms. The van der Waals surface area contributed by atoms with Gasteiger partial charge in [-0.3, -0.25) is 0 Å². The fraction of sp³-hybridized carbons (Fsp3) is 0.778. The van der Waals surface area contributed by atoms with Crippen LogP contribution in [0.1, 0.15) is 32.6 Å². The maximum absolute atomic E-state index is 5.58. The van der Waals surface area contributed by atoms with Crippen molar-refractivity contribution in [3.05, 3.63) is 11.8 Å². The highest BCUT2D eigenvalue weighted by atomic mass is 16.5. The Morgan fingerprint density at radius 3 is 3.00 bits per heavy atom. The van der Waals surface area contributed by atoms with Crippen LogP contribution in [0.25, 0.3) is 0 Å². The minimum atomic E-state index is 0.180. The SMILES string of the molecule is C[C@H](CN)OC1=CCCCC1. The van der Waals surface area contributed by atoms with Crippen LogP contribution >= 0.6 is 0 Å². The molecule has 0 saturated heterocycles. The molecular weight excluding hydrogens is 138 g/mol. The predicted octanol–water partition coefficient (Wildman–Crippen LogP) is 1.81. The number of rotatable bonds is 3. The fourth-order valence-electron chi connectivity index (χ4n) is 1.22. The predicted molar refractivity (Wildman–Crippen MR) is 46.2 cm³/mol. The normalized spacial score (nSPS) is 20.7. The van der Waals surface area contributed by atoms with Gasteiger partial charge >= 0.3 is 0 Å². The van der Waals surface area contributed by atoms with Crippen LogP contribution in [-0.2, 0) is 4.74 Å². The fourth-order valence-corrected chi connectivity index (χ4v) is 1.22. The summed E-state index contributed by atoms with van der Waals surface area (Å²) in [6, 6.07) is 0. The molecule has 0 unspecified atom stereocenters. The van der Waals surface area contributed by atoms with Crippen molar-refractivity contribution in [2.75, 3.05) is 6.54 Å². The molecule has 0 aromatic rings. The molecule has 0 aliphatic heterocycles. The van der Waals surface area contributed by atoms with Gasteiger partial charge in [0.2, 0.25) is 0 Å². The first kappa shape index (κ1) is 8.60. The zero-order valence-electron chi connectivity index (χ0n) is 7.18. The van der Waals surface area contributed by atoms with Gasteiger partial charge in [-0.25, -0.2) is 0 Å². The Kier molecular flexibility index (Phi) is 3.43. The van der Waals surface area contributed by atoms with Crippen molar-refractivity contribution in [1.29, 1.82) is 0 Å². The van der Waals surface area contributed by atoms with E-state index in [1.54, 1.807) is 0 Å². The van der Waals surface area contributed by atoms with Gasteiger partial charge in [-0.2, -0.15) is 0 Å². The lowest BCUT2D eigenvalue weighted by molar-refractivity contribution is 0.126. The lowest BCUT2D eigenvalue weighted by Gasteiger charge is -2.18. The van der Waals surface area contributed by atoms with Gasteiger partial charge in [-0.1, -0.05) is 0 Å². The highest BCUT2D eigenvalue weighted by molar-refractivity contribution is 4.97. The molecule has 64 valence electrons. The van der Waals surface area contributed by atoms with E-state index in [0.717, 1.165) is 12.2 Å². The summed E-state index contributed by atoms with van der Waals surface area (Å²) in [5, 5.41) is 0. The summed E-state index contributed by atoms with van der Waals surface area (Å²) in [4.78, 5) is 0. The Bertz CT molecular complexity index is 142. The molecule has 0 fully saturated rings. The van der Waals surface area contributed by atoms with E-state index in [-0.39, 0.29) is 6.10 Å². The van der Waals surface area contributed by atoms with E-state index in [2.05, 4.69) is 6.08 Å². The van der Waals surface area contributed by atoms with Crippen LogP contribution in [0.4, 0.5) is 0 Å². The third-order valence-corrected chi connectivity index (χ3v) is 1.93. The molecule has 0 aromatic carbocycles. The molecule has 0 aromatic heterocycles. The van der Waals surface area contributed by atoms with Crippen LogP contribution in [-0.4, -0.2) is 12.6 Å². The van der Waals surface area contributed by atoms with E-state index in [1.165, 1.54) is 19.3 Å². The minimum absolute atomic E-state index is 0.180. The molecule has 2 nitrogen and oxygen atoms in total. The van der Waals surface area contributed by atoms with Crippen molar-refractivity contribution in [3.63, 3.8) is 0 Å². The number of nitrogens with two attached hydrogens (primary N) is 1. The molecule has 0 bridgehead atoms. The molecule has 0 spiro atoms. The first-order chi connectivity index (χ1) is 5.33. The van der Waals surface area contributed by atoms with Crippen molar-refractivity contribution in [3.8, 4) is 0 Å². The van der Waals surface area contributed by atoms with Gasteiger partial charge in [-0.15, -0.1) is 0 Å². The average Bonchev–Trinajstić information content (AvgIpc) is 2.06. The lowest BCUT2D eigenvalue weighted by atomic mass is 10.1. The van der Waals surface area contributed by atoms with Crippen LogP contribution in [0.2, 0.25) is 0 Å². The van der Waals surface area contributed by atoms with Crippen LogP contribution in [0.15, 0.2) is 11.8 Å². The third kappa shape index (κ3) is 2.93. The van der Waals surface area contributed by atoms with Crippen LogP contribution in [0.3, 0.4) is 0 Å². The number of ether oxygens (including phenoxy) is 1. The van der Waals surface area contributed by atoms with Gasteiger partial charge in [-0.05, 0) is 32.3 Å². The Balaban J connectivity index is 2.29. The van der Waals surface area contributed by atoms with Crippen molar-refractivity contribution in [2.45, 2.75) is 38.7 Å². The molecule has 0 saturated carbocycles. The van der Waals surface area contributed by atoms with Gasteiger partial charge in [0.25, 0.3) is 0 Å². The van der Waals surface area contributed by atoms with Gasteiger partial charge in [0, 0.05) is 13.0 Å². The summed E-state index contributed by atoms with van der Waals surface area (Å²) in [7, 11) is 0. The molecule has 1 rings (SSSR count). The zero-order chi connectivity index (χ0) is 8.10. The van der Waals surface area contributed by atoms with E-state index >= 15 is 0 Å².